The normalized spacial score (nSPS) is 14.7. The molecule has 0 saturated heterocycles. The van der Waals surface area contributed by atoms with Crippen LogP contribution in [0.2, 0.25) is 0 Å². The van der Waals surface area contributed by atoms with E-state index in [2.05, 4.69) is 10.3 Å². The summed E-state index contributed by atoms with van der Waals surface area (Å²) in [6.45, 7) is 0.470. The lowest BCUT2D eigenvalue weighted by molar-refractivity contribution is -0.122. The zero-order valence-electron chi connectivity index (χ0n) is 18.5. The summed E-state index contributed by atoms with van der Waals surface area (Å²) in [7, 11) is 0. The number of nitrogens with one attached hydrogen (secondary N) is 1. The second kappa shape index (κ2) is 9.17. The molecule has 2 aromatic heterocycles. The van der Waals surface area contributed by atoms with Gasteiger partial charge in [0, 0.05) is 18.0 Å². The Balaban J connectivity index is 1.52. The molecule has 1 saturated carbocycles. The van der Waals surface area contributed by atoms with Crippen molar-refractivity contribution in [2.75, 3.05) is 0 Å². The molecule has 1 amide bonds. The molecule has 0 bridgehead atoms. The second-order valence-electron chi connectivity index (χ2n) is 8.83. The Morgan fingerprint density at radius 3 is 2.67 bits per heavy atom. The van der Waals surface area contributed by atoms with Gasteiger partial charge in [-0.1, -0.05) is 49.6 Å². The number of nitrogens with zero attached hydrogens (tertiary/aromatic N) is 3. The Hall–Kier alpha value is -3.48. The van der Waals surface area contributed by atoms with Crippen LogP contribution in [0.4, 0.5) is 4.39 Å². The first kappa shape index (κ1) is 21.4. The molecular weight excluding hydrogens is 419 g/mol. The fourth-order valence-corrected chi connectivity index (χ4v) is 4.85. The van der Waals surface area contributed by atoms with Crippen molar-refractivity contribution in [3.63, 3.8) is 0 Å². The van der Waals surface area contributed by atoms with Gasteiger partial charge >= 0.3 is 0 Å². The van der Waals surface area contributed by atoms with Gasteiger partial charge in [0.15, 0.2) is 0 Å². The minimum atomic E-state index is -0.400. The van der Waals surface area contributed by atoms with Crippen LogP contribution in [0.1, 0.15) is 37.7 Å². The standard InChI is InChI=1S/C26H27FN4O2/c27-19-11-12-22-21(15-19)24-25(31(22)16-23(32)29-20-9-5-2-6-10-20)26(33)30(17-28-24)14-13-18-7-3-1-4-8-18/h1,3-4,7-8,11-12,15,17,20H,2,5-6,9-10,13-14,16H2,(H,29,32). The van der Waals surface area contributed by atoms with E-state index in [1.807, 2.05) is 30.3 Å². The SMILES string of the molecule is O=C(Cn1c2ccc(F)cc2c2ncn(CCc3ccccc3)c(=O)c21)NC1CCCCC1. The van der Waals surface area contributed by atoms with Crippen LogP contribution >= 0.6 is 0 Å². The Morgan fingerprint density at radius 1 is 1.09 bits per heavy atom. The Bertz CT molecular complexity index is 1350. The van der Waals surface area contributed by atoms with E-state index in [0.29, 0.717) is 34.9 Å². The maximum Gasteiger partial charge on any atom is 0.277 e. The molecule has 1 aliphatic rings. The quantitative estimate of drug-likeness (QED) is 0.483. The molecule has 0 spiro atoms. The van der Waals surface area contributed by atoms with E-state index in [0.717, 1.165) is 31.2 Å². The third-order valence-corrected chi connectivity index (χ3v) is 6.54. The molecule has 1 fully saturated rings. The van der Waals surface area contributed by atoms with Gasteiger partial charge in [0.05, 0.1) is 11.8 Å². The maximum absolute atomic E-state index is 14.0. The molecule has 0 atom stereocenters. The molecule has 6 nitrogen and oxygen atoms in total. The van der Waals surface area contributed by atoms with E-state index in [1.165, 1.54) is 24.9 Å². The molecule has 7 heteroatoms. The average molecular weight is 447 g/mol. The van der Waals surface area contributed by atoms with Crippen molar-refractivity contribution in [2.24, 2.45) is 0 Å². The molecule has 2 aromatic carbocycles. The molecule has 4 aromatic rings. The summed E-state index contributed by atoms with van der Waals surface area (Å²) in [6.07, 6.45) is 7.62. The topological polar surface area (TPSA) is 68.9 Å². The fraction of sp³-hybridized carbons (Fsp3) is 0.346. The van der Waals surface area contributed by atoms with Crippen LogP contribution in [-0.2, 0) is 24.3 Å². The molecule has 170 valence electrons. The number of benzene rings is 2. The Kier molecular flexibility index (Phi) is 5.94. The summed E-state index contributed by atoms with van der Waals surface area (Å²) >= 11 is 0. The lowest BCUT2D eigenvalue weighted by Crippen LogP contribution is -2.38. The van der Waals surface area contributed by atoms with Crippen molar-refractivity contribution in [1.29, 1.82) is 0 Å². The Morgan fingerprint density at radius 2 is 1.88 bits per heavy atom. The van der Waals surface area contributed by atoms with Crippen molar-refractivity contribution >= 4 is 27.8 Å². The van der Waals surface area contributed by atoms with Gasteiger partial charge in [0.2, 0.25) is 5.91 Å². The van der Waals surface area contributed by atoms with Crippen molar-refractivity contribution in [3.8, 4) is 0 Å². The zero-order valence-corrected chi connectivity index (χ0v) is 18.5. The number of hydrogen-bond donors (Lipinski definition) is 1. The van der Waals surface area contributed by atoms with Crippen LogP contribution in [0, 0.1) is 5.82 Å². The second-order valence-corrected chi connectivity index (χ2v) is 8.83. The summed E-state index contributed by atoms with van der Waals surface area (Å²) < 4.78 is 17.3. The third kappa shape index (κ3) is 4.40. The number of hydrogen-bond acceptors (Lipinski definition) is 3. The summed E-state index contributed by atoms with van der Waals surface area (Å²) in [4.78, 5) is 30.9. The van der Waals surface area contributed by atoms with Crippen LogP contribution < -0.4 is 10.9 Å². The van der Waals surface area contributed by atoms with Gasteiger partial charge in [-0.25, -0.2) is 9.37 Å². The summed E-state index contributed by atoms with van der Waals surface area (Å²) in [5, 5.41) is 3.66. The number of aryl methyl sites for hydroxylation is 2. The van der Waals surface area contributed by atoms with Gasteiger partial charge < -0.3 is 9.88 Å². The maximum atomic E-state index is 14.0. The van der Waals surface area contributed by atoms with E-state index >= 15 is 0 Å². The minimum absolute atomic E-state index is 0.00174. The molecule has 2 heterocycles. The first-order valence-corrected chi connectivity index (χ1v) is 11.6. The summed E-state index contributed by atoms with van der Waals surface area (Å²) in [5.74, 6) is -0.535. The number of aromatic nitrogens is 3. The monoisotopic (exact) mass is 446 g/mol. The van der Waals surface area contributed by atoms with Crippen LogP contribution in [0.25, 0.3) is 21.9 Å². The smallest absolute Gasteiger partial charge is 0.277 e. The van der Waals surface area contributed by atoms with Crippen molar-refractivity contribution in [2.45, 2.75) is 57.7 Å². The van der Waals surface area contributed by atoms with E-state index in [-0.39, 0.29) is 24.1 Å². The van der Waals surface area contributed by atoms with Gasteiger partial charge in [-0.15, -0.1) is 0 Å². The highest BCUT2D eigenvalue weighted by molar-refractivity contribution is 6.06. The molecule has 1 aliphatic carbocycles. The lowest BCUT2D eigenvalue weighted by atomic mass is 9.95. The van der Waals surface area contributed by atoms with E-state index < -0.39 is 5.82 Å². The van der Waals surface area contributed by atoms with Gasteiger partial charge in [-0.2, -0.15) is 0 Å². The molecule has 0 radical (unpaired) electrons. The molecule has 5 rings (SSSR count). The molecule has 0 aliphatic heterocycles. The minimum Gasteiger partial charge on any atom is -0.352 e. The van der Waals surface area contributed by atoms with Crippen LogP contribution in [0.15, 0.2) is 59.7 Å². The van der Waals surface area contributed by atoms with Crippen LogP contribution in [0.3, 0.4) is 0 Å². The zero-order chi connectivity index (χ0) is 22.8. The summed E-state index contributed by atoms with van der Waals surface area (Å²) in [5.41, 5.74) is 2.30. The van der Waals surface area contributed by atoms with Crippen molar-refractivity contribution < 1.29 is 9.18 Å². The fourth-order valence-electron chi connectivity index (χ4n) is 4.85. The number of fused-ring (bicyclic) bond motifs is 3. The number of carbonyl (C=O) groups excluding carboxylic acids is 1. The number of amides is 1. The highest BCUT2D eigenvalue weighted by Gasteiger charge is 2.21. The van der Waals surface area contributed by atoms with Crippen LogP contribution in [-0.4, -0.2) is 26.1 Å². The highest BCUT2D eigenvalue weighted by Crippen LogP contribution is 2.26. The van der Waals surface area contributed by atoms with Gasteiger partial charge in [0.25, 0.3) is 5.56 Å². The van der Waals surface area contributed by atoms with Gasteiger partial charge in [-0.05, 0) is 43.0 Å². The first-order valence-electron chi connectivity index (χ1n) is 11.6. The van der Waals surface area contributed by atoms with Crippen LogP contribution in [0.5, 0.6) is 0 Å². The van der Waals surface area contributed by atoms with E-state index in [1.54, 1.807) is 15.2 Å². The van der Waals surface area contributed by atoms with E-state index in [9.17, 15) is 14.0 Å². The summed E-state index contributed by atoms with van der Waals surface area (Å²) in [6, 6.07) is 14.5. The van der Waals surface area contributed by atoms with Gasteiger partial charge in [-0.3, -0.25) is 14.2 Å². The highest BCUT2D eigenvalue weighted by atomic mass is 19.1. The predicted molar refractivity (Wildman–Crippen MR) is 127 cm³/mol. The number of rotatable bonds is 6. The molecule has 0 unspecified atom stereocenters. The molecule has 1 N–H and O–H groups in total. The molecule has 33 heavy (non-hydrogen) atoms. The number of carbonyl (C=O) groups is 1. The molecular formula is C26H27FN4O2. The first-order chi connectivity index (χ1) is 16.1. The largest absolute Gasteiger partial charge is 0.352 e. The van der Waals surface area contributed by atoms with Crippen molar-refractivity contribution in [1.82, 2.24) is 19.4 Å². The van der Waals surface area contributed by atoms with Crippen molar-refractivity contribution in [3.05, 3.63) is 76.6 Å². The Labute approximate surface area is 191 Å². The van der Waals surface area contributed by atoms with E-state index in [4.69, 9.17) is 0 Å². The third-order valence-electron chi connectivity index (χ3n) is 6.54. The number of halogens is 1. The average Bonchev–Trinajstić information content (AvgIpc) is 3.13. The van der Waals surface area contributed by atoms with Gasteiger partial charge in [0.1, 0.15) is 23.4 Å². The predicted octanol–water partition coefficient (Wildman–Crippen LogP) is 4.18. The lowest BCUT2D eigenvalue weighted by Gasteiger charge is -2.23.